The van der Waals surface area contributed by atoms with E-state index in [1.54, 1.807) is 21.3 Å². The Morgan fingerprint density at radius 2 is 1.06 bits per heavy atom. The molecule has 32 atom stereocenters. The number of ether oxygens (including phenoxy) is 11. The van der Waals surface area contributed by atoms with Crippen molar-refractivity contribution in [3.63, 3.8) is 0 Å². The van der Waals surface area contributed by atoms with Gasteiger partial charge in [0, 0.05) is 169 Å². The number of hydrogen-bond acceptors (Lipinski definition) is 26. The Hall–Kier alpha value is 2.92. The molecule has 613 valence electrons. The van der Waals surface area contributed by atoms with Gasteiger partial charge in [0.1, 0.15) is 56.7 Å². The first-order valence-corrected chi connectivity index (χ1v) is 45.2. The second kappa shape index (κ2) is 58.7. The van der Waals surface area contributed by atoms with Crippen molar-refractivity contribution in [1.82, 2.24) is 4.67 Å². The summed E-state index contributed by atoms with van der Waals surface area (Å²) in [5.41, 5.74) is 0.995. The topological polar surface area (TPSA) is 322 Å². The van der Waals surface area contributed by atoms with Crippen LogP contribution in [0, 0.1) is 77.7 Å². The summed E-state index contributed by atoms with van der Waals surface area (Å²) in [4.78, 5) is 8.54. The van der Waals surface area contributed by atoms with E-state index in [9.17, 15) is 23.9 Å². The molecule has 10 aliphatic rings. The molecule has 27 nitrogen and oxygen atoms in total. The van der Waals surface area contributed by atoms with Crippen LogP contribution in [-0.2, 0) is 103 Å². The maximum absolute atomic E-state index is 12.2. The second-order valence-electron chi connectivity index (χ2n) is 26.5. The third kappa shape index (κ3) is 36.2. The molecule has 38 heteroatoms. The molecule has 0 aliphatic carbocycles. The first kappa shape index (κ1) is 109. The van der Waals surface area contributed by atoms with Crippen molar-refractivity contribution in [3.05, 3.63) is 42.5 Å². The molecule has 5 N–H and O–H groups in total. The standard InChI is InChI=1S/C19H28NO3P.C13H24O7P.C11H19BO7P.C8H16O2.C7H13O4P.C7H14O3.3CH5P.B.Th.U.H2/c1-4-16-17(13-14(2)21-16)22-24-20-12-8-11-18(20)19(3,23-24)15-9-6-5-7-10-15;1-8-4-10(16-3)13(19-8)7-17-21(15)20-11-5-9(2)18-12(11)6-14;1-20(15,17-6-10-7(14)2-3-16-10)19-8-4-11(12)18-9(8)5-13;1-4-7-8(9-3)5-6(2)10-7;1-3-6-7(11-12(8)9)4-5(2)10-6;1-5-3-6(9-2)7(4-8)10-5;3*1-2;;;;/h5-7,9-10,14,16-18H,4,8,11-13H2,1-3H3;8-14H,4-7H2,1-3H3;3,7-11,13-14H,2,4-6H2,1H3;6-8H,4-5H2,1-3H3;5-7H,3-4H2,1-2H3;5-8H,3-4H2,1-2H3;3*2H2,1H3;;;;1H/q;+1;-1;;;;;;;;;;/p+2/t14-,16+,17?,18-,19+,24-;8-,9-,10?,11?,12+,13+;7?,8?,9-,10-,11-,20+;6-,7+,8?;5-,6+,7?;5-,6?,7+;;;;;;;/m001000......./s1. The van der Waals surface area contributed by atoms with Crippen molar-refractivity contribution in [1.29, 1.82) is 0 Å². The third-order valence-electron chi connectivity index (χ3n) is 18.7. The van der Waals surface area contributed by atoms with Gasteiger partial charge in [0.15, 0.2) is 0 Å². The zero-order valence-corrected chi connectivity index (χ0v) is 81.0. The number of nitrogens with zero attached hydrogens (tertiary/aromatic N) is 1. The van der Waals surface area contributed by atoms with Gasteiger partial charge in [-0.25, -0.2) is 11.3 Å². The number of hydrogen-bond donors (Lipinski definition) is 5. The summed E-state index contributed by atoms with van der Waals surface area (Å²) in [5, 5.41) is 36.7. The molecule has 10 heterocycles. The molecule has 0 saturated carbocycles. The van der Waals surface area contributed by atoms with E-state index in [-0.39, 0.29) is 200 Å². The van der Waals surface area contributed by atoms with Gasteiger partial charge in [0.25, 0.3) is 8.53 Å². The monoisotopic (exact) mass is 2090 g/mol. The van der Waals surface area contributed by atoms with Crippen LogP contribution in [0.25, 0.3) is 0 Å². The van der Waals surface area contributed by atoms with E-state index in [1.165, 1.54) is 31.7 Å². The molecule has 1 aromatic carbocycles. The fourth-order valence-corrected chi connectivity index (χ4v) is 18.3. The average molecular weight is 2090 g/mol. The fourth-order valence-electron chi connectivity index (χ4n) is 13.7. The van der Waals surface area contributed by atoms with Crippen molar-refractivity contribution < 1.29 is 197 Å². The zero-order valence-electron chi connectivity index (χ0n) is 66.7. The van der Waals surface area contributed by atoms with Crippen LogP contribution in [-0.4, -0.2) is 280 Å². The quantitative estimate of drug-likeness (QED) is 0.0365. The average Bonchev–Trinajstić information content (AvgIpc) is 1.59. The minimum Gasteiger partial charge on any atom is -0.546 e. The van der Waals surface area contributed by atoms with Gasteiger partial charge in [0.2, 0.25) is 0 Å². The van der Waals surface area contributed by atoms with Crippen molar-refractivity contribution in [3.8, 4) is 0 Å². The van der Waals surface area contributed by atoms with E-state index in [2.05, 4.69) is 97.3 Å². The largest absolute Gasteiger partial charge is 1.00 e. The van der Waals surface area contributed by atoms with Crippen LogP contribution in [0.15, 0.2) is 30.3 Å². The van der Waals surface area contributed by atoms with Gasteiger partial charge in [-0.15, -0.1) is 52.6 Å². The molecule has 0 bridgehead atoms. The zero-order chi connectivity index (χ0) is 77.1. The molecule has 1 aromatic rings. The second-order valence-corrected chi connectivity index (χ2v) is 31.5. The summed E-state index contributed by atoms with van der Waals surface area (Å²) in [6.45, 7) is 30.0. The Morgan fingerprint density at radius 1 is 0.642 bits per heavy atom. The normalized spacial score (nSPS) is 37.4. The Balaban J connectivity index is -0.00000123. The van der Waals surface area contributed by atoms with Crippen LogP contribution in [0.3, 0.4) is 0 Å². The van der Waals surface area contributed by atoms with Crippen molar-refractivity contribution in [2.45, 2.75) is 305 Å². The van der Waals surface area contributed by atoms with Gasteiger partial charge in [0.05, 0.1) is 130 Å². The van der Waals surface area contributed by atoms with Crippen LogP contribution in [0.4, 0.5) is 0 Å². The van der Waals surface area contributed by atoms with E-state index in [0.717, 1.165) is 51.5 Å². The summed E-state index contributed by atoms with van der Waals surface area (Å²) in [6, 6.07) is 10.5. The number of methoxy groups -OCH3 is 3. The van der Waals surface area contributed by atoms with Gasteiger partial charge in [-0.2, -0.15) is 0 Å². The molecule has 0 amide bonds. The van der Waals surface area contributed by atoms with Crippen molar-refractivity contribution >= 4 is 76.6 Å². The molecule has 10 aliphatic heterocycles. The predicted molar refractivity (Wildman–Crippen MR) is 417 cm³/mol. The van der Waals surface area contributed by atoms with E-state index >= 15 is 0 Å². The van der Waals surface area contributed by atoms with Gasteiger partial charge in [-0.1, -0.05) is 71.1 Å². The molecule has 11 rings (SSSR count). The van der Waals surface area contributed by atoms with Crippen molar-refractivity contribution in [2.75, 3.05) is 87.6 Å². The number of aliphatic hydroxyl groups excluding tert-OH is 4. The predicted octanol–water partition coefficient (Wildman–Crippen LogP) is 10.6. The smallest absolute Gasteiger partial charge is 0.546 e. The molecule has 106 heavy (non-hydrogen) atoms. The van der Waals surface area contributed by atoms with Gasteiger partial charge in [-0.3, -0.25) is 4.57 Å². The molecule has 0 aromatic heterocycles. The van der Waals surface area contributed by atoms with Crippen LogP contribution in [0.1, 0.15) is 161 Å². The molecule has 10 saturated heterocycles. The van der Waals surface area contributed by atoms with Crippen molar-refractivity contribution in [2.24, 2.45) is 0 Å². The van der Waals surface area contributed by atoms with E-state index in [1.807, 2.05) is 54.6 Å². The summed E-state index contributed by atoms with van der Waals surface area (Å²) in [7, 11) is 8.76. The van der Waals surface area contributed by atoms with E-state index < -0.39 is 75.3 Å². The first-order chi connectivity index (χ1) is 49.2. The van der Waals surface area contributed by atoms with Crippen LogP contribution < -0.4 is 0 Å². The van der Waals surface area contributed by atoms with Crippen LogP contribution in [0.2, 0.25) is 0 Å². The molecule has 0 spiro atoms. The molecular weight excluding hydrogens is 1960 g/mol. The number of rotatable bonds is 24. The number of benzene rings is 1. The maximum Gasteiger partial charge on any atom is 1.00 e. The summed E-state index contributed by atoms with van der Waals surface area (Å²) >= 11 is 0. The van der Waals surface area contributed by atoms with Crippen LogP contribution >= 0.6 is 60.4 Å². The Labute approximate surface area is 706 Å². The van der Waals surface area contributed by atoms with E-state index in [0.29, 0.717) is 50.0 Å². The SMILES string of the molecule is CC[C@H]1O[C@@H](C)CC1OC.CC[C@H]1O[C@@H](C)CC1O[P+](=O)O.CC[C@H]1O[C@@H](C)CC1O[P@@]1O[C@](C)(c2ccccc2)[C@@H]2CCCN21.COC1C[C@H](C)O[C@@H]1CO.COC1C[C@H](C)O[C@@H]1CO[P+](=O)OC1C[C@H](C)O[C@@H]1CO.CP.CP.CP.[B].[B][C@H]1CC(O[P@@](C)(=O)OC[C@H]2O[CH-]CC2O)[C@@H](CO)O1.[H+].[HH].[Th].[U]. The van der Waals surface area contributed by atoms with E-state index in [4.69, 9.17) is 107 Å². The Morgan fingerprint density at radius 3 is 1.50 bits per heavy atom. The Kier molecular flexibility index (Phi) is 60.4. The van der Waals surface area contributed by atoms with Crippen LogP contribution in [0.5, 0.6) is 0 Å². The summed E-state index contributed by atoms with van der Waals surface area (Å²) in [6.07, 6.45) is 9.40. The fraction of sp³-hybridized carbons (Fsp3) is 0.897. The minimum absolute atomic E-state index is 0. The summed E-state index contributed by atoms with van der Waals surface area (Å²) in [5.74, 6) is 0. The Bertz CT molecular complexity index is 2470. The van der Waals surface area contributed by atoms with Gasteiger partial charge in [-0.05, 0) is 92.6 Å². The molecule has 13 unspecified atom stereocenters. The first-order valence-electron chi connectivity index (χ1n) is 36.4. The van der Waals surface area contributed by atoms with Gasteiger partial charge < -0.3 is 90.6 Å². The van der Waals surface area contributed by atoms with Gasteiger partial charge >= 0.3 is 25.5 Å². The maximum atomic E-state index is 12.2. The minimum atomic E-state index is -3.35. The number of fused-ring (bicyclic) bond motifs is 1. The number of aliphatic hydroxyl groups is 4. The summed E-state index contributed by atoms with van der Waals surface area (Å²) < 4.78 is 136. The molecule has 5 radical (unpaired) electrons. The third-order valence-corrected chi connectivity index (χ3v) is 23.2. The molecular formula is C68H133B2NO26P7ThU+2. The molecule has 10 fully saturated rings.